The Morgan fingerprint density at radius 1 is 0.286 bits per heavy atom. The molecule has 0 aliphatic heterocycles. The second-order valence-corrected chi connectivity index (χ2v) is 16.1. The molecular weight excluding hydrogens is 763 g/mol. The summed E-state index contributed by atoms with van der Waals surface area (Å²) in [5.74, 6) is 0. The lowest BCUT2D eigenvalue weighted by molar-refractivity contribution is 1.17. The predicted octanol–water partition coefficient (Wildman–Crippen LogP) is 16.4. The lowest BCUT2D eigenvalue weighted by Gasteiger charge is -2.29. The van der Waals surface area contributed by atoms with Crippen molar-refractivity contribution in [3.8, 4) is 44.8 Å². The van der Waals surface area contributed by atoms with E-state index in [1.807, 2.05) is 0 Å². The van der Waals surface area contributed by atoms with Crippen molar-refractivity contribution in [2.45, 2.75) is 0 Å². The van der Waals surface area contributed by atoms with E-state index < -0.39 is 0 Å². The highest BCUT2D eigenvalue weighted by atomic mass is 15.1. The molecular formula is C60H41N3. The molecule has 3 nitrogen and oxygen atoms in total. The summed E-state index contributed by atoms with van der Waals surface area (Å²) in [7, 11) is 0. The number of anilines is 3. The Morgan fingerprint density at radius 2 is 0.762 bits per heavy atom. The van der Waals surface area contributed by atoms with Crippen molar-refractivity contribution in [1.82, 2.24) is 9.13 Å². The summed E-state index contributed by atoms with van der Waals surface area (Å²) < 4.78 is 4.88. The molecule has 12 aromatic rings. The molecule has 2 aromatic heterocycles. The van der Waals surface area contributed by atoms with Crippen LogP contribution in [-0.4, -0.2) is 9.13 Å². The van der Waals surface area contributed by atoms with Gasteiger partial charge in [0.05, 0.1) is 27.8 Å². The number of rotatable bonds is 8. The van der Waals surface area contributed by atoms with Crippen LogP contribution >= 0.6 is 0 Å². The van der Waals surface area contributed by atoms with Gasteiger partial charge in [0, 0.05) is 49.9 Å². The van der Waals surface area contributed by atoms with Gasteiger partial charge in [0.1, 0.15) is 0 Å². The number of benzene rings is 10. The molecule has 0 unspecified atom stereocenters. The summed E-state index contributed by atoms with van der Waals surface area (Å²) in [5, 5.41) is 4.96. The zero-order valence-electron chi connectivity index (χ0n) is 34.5. The number of hydrogen-bond acceptors (Lipinski definition) is 1. The summed E-state index contributed by atoms with van der Waals surface area (Å²) >= 11 is 0. The first-order valence-corrected chi connectivity index (χ1v) is 21.6. The fourth-order valence-electron chi connectivity index (χ4n) is 9.63. The first kappa shape index (κ1) is 36.5. The van der Waals surface area contributed by atoms with Gasteiger partial charge in [0.15, 0.2) is 0 Å². The van der Waals surface area contributed by atoms with E-state index in [0.29, 0.717) is 0 Å². The maximum Gasteiger partial charge on any atom is 0.0641 e. The molecule has 0 bridgehead atoms. The second-order valence-electron chi connectivity index (χ2n) is 16.1. The first-order chi connectivity index (χ1) is 31.3. The van der Waals surface area contributed by atoms with Gasteiger partial charge in [0.25, 0.3) is 0 Å². The van der Waals surface area contributed by atoms with Crippen molar-refractivity contribution in [3.05, 3.63) is 249 Å². The molecule has 0 saturated heterocycles. The zero-order chi connectivity index (χ0) is 41.7. The van der Waals surface area contributed by atoms with Gasteiger partial charge in [-0.3, -0.25) is 0 Å². The minimum Gasteiger partial charge on any atom is -0.310 e. The van der Waals surface area contributed by atoms with Crippen LogP contribution in [0, 0.1) is 0 Å². The van der Waals surface area contributed by atoms with Crippen LogP contribution in [0.2, 0.25) is 0 Å². The molecule has 0 aliphatic rings. The number of para-hydroxylation sites is 3. The van der Waals surface area contributed by atoms with Gasteiger partial charge in [-0.2, -0.15) is 0 Å². The van der Waals surface area contributed by atoms with Crippen LogP contribution in [0.4, 0.5) is 17.1 Å². The fourth-order valence-corrected chi connectivity index (χ4v) is 9.63. The highest BCUT2D eigenvalue weighted by molar-refractivity contribution is 6.26. The molecule has 12 rings (SSSR count). The van der Waals surface area contributed by atoms with Crippen LogP contribution < -0.4 is 4.90 Å². The summed E-state index contributed by atoms with van der Waals surface area (Å²) in [5.41, 5.74) is 17.4. The quantitative estimate of drug-likeness (QED) is 0.149. The monoisotopic (exact) mass is 803 g/mol. The Bertz CT molecular complexity index is 3570. The Balaban J connectivity index is 1.07. The van der Waals surface area contributed by atoms with Crippen LogP contribution in [-0.2, 0) is 0 Å². The average Bonchev–Trinajstić information content (AvgIpc) is 3.89. The van der Waals surface area contributed by atoms with Crippen molar-refractivity contribution in [1.29, 1.82) is 0 Å². The summed E-state index contributed by atoms with van der Waals surface area (Å²) in [6.07, 6.45) is 0. The summed E-state index contributed by atoms with van der Waals surface area (Å²) in [4.78, 5) is 2.41. The van der Waals surface area contributed by atoms with Gasteiger partial charge in [-0.05, 0) is 107 Å². The number of hydrogen-bond donors (Lipinski definition) is 0. The molecule has 0 aliphatic carbocycles. The lowest BCUT2D eigenvalue weighted by atomic mass is 9.96. The normalized spacial score (nSPS) is 11.5. The maximum atomic E-state index is 2.47. The van der Waals surface area contributed by atoms with E-state index in [2.05, 4.69) is 263 Å². The number of fused-ring (bicyclic) bond motifs is 7. The largest absolute Gasteiger partial charge is 0.310 e. The van der Waals surface area contributed by atoms with E-state index in [0.717, 1.165) is 39.6 Å². The lowest BCUT2D eigenvalue weighted by Crippen LogP contribution is -2.11. The molecule has 0 amide bonds. The van der Waals surface area contributed by atoms with Crippen molar-refractivity contribution >= 4 is 60.7 Å². The predicted molar refractivity (Wildman–Crippen MR) is 266 cm³/mol. The molecule has 3 heteroatoms. The van der Waals surface area contributed by atoms with Crippen molar-refractivity contribution in [3.63, 3.8) is 0 Å². The van der Waals surface area contributed by atoms with Crippen LogP contribution in [0.1, 0.15) is 0 Å². The van der Waals surface area contributed by atoms with Gasteiger partial charge >= 0.3 is 0 Å². The average molecular weight is 804 g/mol. The summed E-state index contributed by atoms with van der Waals surface area (Å²) in [6.45, 7) is 0. The smallest absolute Gasteiger partial charge is 0.0641 e. The van der Waals surface area contributed by atoms with Gasteiger partial charge in [0.2, 0.25) is 0 Å². The van der Waals surface area contributed by atoms with E-state index in [-0.39, 0.29) is 0 Å². The Hall–Kier alpha value is -8.40. The minimum absolute atomic E-state index is 1.07. The van der Waals surface area contributed by atoms with Crippen LogP contribution in [0.5, 0.6) is 0 Å². The van der Waals surface area contributed by atoms with Gasteiger partial charge in [-0.1, -0.05) is 170 Å². The Kier molecular flexibility index (Phi) is 8.83. The van der Waals surface area contributed by atoms with Crippen LogP contribution in [0.15, 0.2) is 249 Å². The third-order valence-electron chi connectivity index (χ3n) is 12.5. The Morgan fingerprint density at radius 3 is 1.41 bits per heavy atom. The molecule has 10 aromatic carbocycles. The second kappa shape index (κ2) is 15.3. The van der Waals surface area contributed by atoms with Crippen LogP contribution in [0.25, 0.3) is 88.4 Å². The molecule has 0 saturated carbocycles. The molecule has 0 N–H and O–H groups in total. The molecule has 296 valence electrons. The molecule has 0 atom stereocenters. The Labute approximate surface area is 366 Å². The SMILES string of the molecule is c1ccc(-c2ccc(N(c3ccc(-n4c5ccccc5c5ccc6c(c7ccccc7n6-c6ccccc6)c54)cc3)c3ccc(-c4ccccc4)cc3-c3ccccc3)cc2)cc1. The number of aromatic nitrogens is 2. The topological polar surface area (TPSA) is 13.1 Å². The standard InChI is InChI=1S/C60H41N3/c1-5-17-42(18-6-1)44-29-32-48(33-30-44)61(57-39-31-46(43-19-7-2-8-20-43)41-54(57)45-21-9-3-10-22-45)49-34-36-50(37-35-49)63-55-27-15-13-25-51(55)52-38-40-58-59(60(52)63)53-26-14-16-28-56(53)62(58)47-23-11-4-12-24-47/h1-41H. The maximum absolute atomic E-state index is 2.47. The van der Waals surface area contributed by atoms with E-state index in [4.69, 9.17) is 0 Å². The van der Waals surface area contributed by atoms with Crippen molar-refractivity contribution in [2.24, 2.45) is 0 Å². The van der Waals surface area contributed by atoms with Crippen LogP contribution in [0.3, 0.4) is 0 Å². The first-order valence-electron chi connectivity index (χ1n) is 21.6. The van der Waals surface area contributed by atoms with E-state index in [1.165, 1.54) is 65.9 Å². The highest BCUT2D eigenvalue weighted by Gasteiger charge is 2.22. The molecule has 0 spiro atoms. The van der Waals surface area contributed by atoms with E-state index >= 15 is 0 Å². The van der Waals surface area contributed by atoms with E-state index in [9.17, 15) is 0 Å². The number of nitrogens with zero attached hydrogens (tertiary/aromatic N) is 3. The van der Waals surface area contributed by atoms with Gasteiger partial charge in [-0.15, -0.1) is 0 Å². The highest BCUT2D eigenvalue weighted by Crippen LogP contribution is 2.45. The molecule has 63 heavy (non-hydrogen) atoms. The van der Waals surface area contributed by atoms with Gasteiger partial charge < -0.3 is 14.0 Å². The third kappa shape index (κ3) is 6.21. The summed E-state index contributed by atoms with van der Waals surface area (Å²) in [6, 6.07) is 90.0. The van der Waals surface area contributed by atoms with E-state index in [1.54, 1.807) is 0 Å². The minimum atomic E-state index is 1.07. The molecule has 0 fully saturated rings. The zero-order valence-corrected chi connectivity index (χ0v) is 34.5. The molecule has 0 radical (unpaired) electrons. The molecule has 2 heterocycles. The van der Waals surface area contributed by atoms with Crippen molar-refractivity contribution in [2.75, 3.05) is 4.90 Å². The van der Waals surface area contributed by atoms with Gasteiger partial charge in [-0.25, -0.2) is 0 Å². The third-order valence-corrected chi connectivity index (χ3v) is 12.5. The van der Waals surface area contributed by atoms with Crippen molar-refractivity contribution < 1.29 is 0 Å². The fraction of sp³-hybridized carbons (Fsp3) is 0.